The van der Waals surface area contributed by atoms with Crippen molar-refractivity contribution in [1.29, 1.82) is 0 Å². The number of para-hydroxylation sites is 1. The van der Waals surface area contributed by atoms with E-state index in [2.05, 4.69) is 30.5 Å². The quantitative estimate of drug-likeness (QED) is 0.942. The first-order chi connectivity index (χ1) is 10.5. The van der Waals surface area contributed by atoms with Crippen molar-refractivity contribution in [2.75, 3.05) is 7.05 Å². The number of nitrogens with zero attached hydrogens (tertiary/aromatic N) is 2. The summed E-state index contributed by atoms with van der Waals surface area (Å²) in [5.41, 5.74) is 3.49. The predicted molar refractivity (Wildman–Crippen MR) is 84.3 cm³/mol. The molecule has 2 heterocycles. The molecule has 0 spiro atoms. The number of fused-ring (bicyclic) bond motifs is 3. The van der Waals surface area contributed by atoms with Gasteiger partial charge < -0.3 is 9.67 Å². The van der Waals surface area contributed by atoms with Gasteiger partial charge in [-0.2, -0.15) is 5.06 Å². The molecule has 0 saturated heterocycles. The number of carboxylic acids is 1. The Morgan fingerprint density at radius 2 is 2.14 bits per heavy atom. The summed E-state index contributed by atoms with van der Waals surface area (Å²) >= 11 is 0. The summed E-state index contributed by atoms with van der Waals surface area (Å²) in [4.78, 5) is 16.8. The van der Waals surface area contributed by atoms with Gasteiger partial charge in [-0.15, -0.1) is 0 Å². The zero-order valence-corrected chi connectivity index (χ0v) is 13.2. The lowest BCUT2D eigenvalue weighted by Gasteiger charge is -2.35. The van der Waals surface area contributed by atoms with Gasteiger partial charge in [0, 0.05) is 30.1 Å². The number of hydroxylamine groups is 2. The number of rotatable bonds is 4. The molecule has 0 bridgehead atoms. The molecule has 0 amide bonds. The first-order valence-electron chi connectivity index (χ1n) is 7.68. The van der Waals surface area contributed by atoms with Crippen LogP contribution in [0.2, 0.25) is 0 Å². The second-order valence-corrected chi connectivity index (χ2v) is 6.18. The highest BCUT2D eigenvalue weighted by Crippen LogP contribution is 2.41. The number of aromatic nitrogens is 1. The fourth-order valence-corrected chi connectivity index (χ4v) is 3.51. The van der Waals surface area contributed by atoms with Crippen molar-refractivity contribution in [2.24, 2.45) is 5.92 Å². The Balaban J connectivity index is 2.19. The molecule has 0 fully saturated rings. The lowest BCUT2D eigenvalue weighted by molar-refractivity contribution is -0.201. The third-order valence-electron chi connectivity index (χ3n) is 4.39. The van der Waals surface area contributed by atoms with Crippen LogP contribution in [0.3, 0.4) is 0 Å². The van der Waals surface area contributed by atoms with Gasteiger partial charge in [0.1, 0.15) is 6.61 Å². The normalized spacial score (nSPS) is 18.8. The maximum absolute atomic E-state index is 11.0. The van der Waals surface area contributed by atoms with Gasteiger partial charge in [0.15, 0.2) is 0 Å². The first-order valence-corrected chi connectivity index (χ1v) is 7.68. The first kappa shape index (κ1) is 15.1. The van der Waals surface area contributed by atoms with E-state index in [1.165, 1.54) is 10.9 Å². The van der Waals surface area contributed by atoms with Crippen LogP contribution in [0.1, 0.15) is 37.6 Å². The Morgan fingerprint density at radius 1 is 1.41 bits per heavy atom. The molecule has 2 aromatic rings. The molecular weight excluding hydrogens is 280 g/mol. The molecule has 0 aliphatic carbocycles. The molecule has 0 radical (unpaired) electrons. The topological polar surface area (TPSA) is 54.7 Å². The molecule has 1 aromatic carbocycles. The molecule has 1 N–H and O–H groups in total. The van der Waals surface area contributed by atoms with E-state index in [1.807, 2.05) is 24.2 Å². The molecular formula is C17H22N2O3. The largest absolute Gasteiger partial charge is 0.481 e. The third kappa shape index (κ3) is 2.40. The van der Waals surface area contributed by atoms with Crippen LogP contribution in [0.15, 0.2) is 24.3 Å². The molecule has 118 valence electrons. The Labute approximate surface area is 130 Å². The number of aryl methyl sites for hydroxylation is 1. The maximum atomic E-state index is 11.0. The molecule has 22 heavy (non-hydrogen) atoms. The number of hydrogen-bond donors (Lipinski definition) is 1. The highest BCUT2D eigenvalue weighted by Gasteiger charge is 2.33. The third-order valence-corrected chi connectivity index (χ3v) is 4.39. The summed E-state index contributed by atoms with van der Waals surface area (Å²) < 4.78 is 2.11. The van der Waals surface area contributed by atoms with Crippen LogP contribution in [0.4, 0.5) is 0 Å². The minimum absolute atomic E-state index is 0.118. The second kappa shape index (κ2) is 5.74. The molecule has 5 heteroatoms. The van der Waals surface area contributed by atoms with Crippen molar-refractivity contribution in [2.45, 2.75) is 39.5 Å². The van der Waals surface area contributed by atoms with Gasteiger partial charge in [-0.25, -0.2) is 0 Å². The maximum Gasteiger partial charge on any atom is 0.305 e. The average molecular weight is 302 g/mol. The molecule has 1 atom stereocenters. The monoisotopic (exact) mass is 302 g/mol. The zero-order chi connectivity index (χ0) is 15.9. The van der Waals surface area contributed by atoms with Gasteiger partial charge >= 0.3 is 5.97 Å². The lowest BCUT2D eigenvalue weighted by atomic mass is 9.92. The Morgan fingerprint density at radius 3 is 2.82 bits per heavy atom. The molecule has 5 nitrogen and oxygen atoms in total. The van der Waals surface area contributed by atoms with Crippen molar-refractivity contribution in [3.05, 3.63) is 35.5 Å². The lowest BCUT2D eigenvalue weighted by Crippen LogP contribution is -2.33. The van der Waals surface area contributed by atoms with Crippen molar-refractivity contribution < 1.29 is 14.7 Å². The van der Waals surface area contributed by atoms with Gasteiger partial charge in [0.25, 0.3) is 0 Å². The highest BCUT2D eigenvalue weighted by molar-refractivity contribution is 5.86. The average Bonchev–Trinajstić information content (AvgIpc) is 2.78. The molecule has 1 aliphatic rings. The van der Waals surface area contributed by atoms with Gasteiger partial charge in [0.05, 0.1) is 18.2 Å². The van der Waals surface area contributed by atoms with Crippen molar-refractivity contribution in [1.82, 2.24) is 9.63 Å². The summed E-state index contributed by atoms with van der Waals surface area (Å²) in [7, 11) is 1.97. The number of aliphatic carboxylic acids is 1. The number of hydrogen-bond acceptors (Lipinski definition) is 3. The van der Waals surface area contributed by atoms with Crippen molar-refractivity contribution in [3.63, 3.8) is 0 Å². The summed E-state index contributed by atoms with van der Waals surface area (Å²) in [5, 5.41) is 12.2. The van der Waals surface area contributed by atoms with E-state index in [0.717, 1.165) is 11.2 Å². The Hall–Kier alpha value is -1.85. The zero-order valence-electron chi connectivity index (χ0n) is 13.2. The van der Waals surface area contributed by atoms with Crippen LogP contribution in [0, 0.1) is 5.92 Å². The van der Waals surface area contributed by atoms with Gasteiger partial charge in [-0.05, 0) is 12.0 Å². The SMILES string of the molecule is CC(C)C1c2c(n(CCC(=O)O)c3ccccc23)CON1C. The van der Waals surface area contributed by atoms with Crippen molar-refractivity contribution >= 4 is 16.9 Å². The van der Waals surface area contributed by atoms with Crippen LogP contribution in [0.25, 0.3) is 10.9 Å². The van der Waals surface area contributed by atoms with Gasteiger partial charge in [-0.3, -0.25) is 9.63 Å². The number of carbonyl (C=O) groups is 1. The summed E-state index contributed by atoms with van der Waals surface area (Å²) in [6, 6.07) is 8.41. The van der Waals surface area contributed by atoms with Gasteiger partial charge in [0.2, 0.25) is 0 Å². The van der Waals surface area contributed by atoms with E-state index in [-0.39, 0.29) is 12.5 Å². The summed E-state index contributed by atoms with van der Waals surface area (Å²) in [5.74, 6) is -0.372. The fourth-order valence-electron chi connectivity index (χ4n) is 3.51. The number of benzene rings is 1. The van der Waals surface area contributed by atoms with Crippen molar-refractivity contribution in [3.8, 4) is 0 Å². The molecule has 1 aliphatic heterocycles. The standard InChI is InChI=1S/C17H22N2O3/c1-11(2)17-16-12-6-4-5-7-13(12)19(9-8-15(20)21)14(16)10-22-18(17)3/h4-7,11,17H,8-10H2,1-3H3,(H,20,21). The minimum atomic E-state index is -0.777. The fraction of sp³-hybridized carbons (Fsp3) is 0.471. The molecule has 3 rings (SSSR count). The predicted octanol–water partition coefficient (Wildman–Crippen LogP) is 3.19. The number of carboxylic acid groups (broad SMARTS) is 1. The van der Waals surface area contributed by atoms with Crippen LogP contribution in [-0.2, 0) is 22.8 Å². The Bertz CT molecular complexity index is 705. The minimum Gasteiger partial charge on any atom is -0.481 e. The van der Waals surface area contributed by atoms with E-state index >= 15 is 0 Å². The van der Waals surface area contributed by atoms with E-state index in [0.29, 0.717) is 19.1 Å². The van der Waals surface area contributed by atoms with E-state index in [4.69, 9.17) is 9.94 Å². The Kier molecular flexibility index (Phi) is 3.93. The highest BCUT2D eigenvalue weighted by atomic mass is 16.7. The second-order valence-electron chi connectivity index (χ2n) is 6.18. The van der Waals surface area contributed by atoms with Crippen LogP contribution < -0.4 is 0 Å². The molecule has 1 aromatic heterocycles. The summed E-state index contributed by atoms with van der Waals surface area (Å²) in [6.07, 6.45) is 0.118. The van der Waals surface area contributed by atoms with Crippen LogP contribution >= 0.6 is 0 Å². The van der Waals surface area contributed by atoms with Crippen LogP contribution in [0.5, 0.6) is 0 Å². The van der Waals surface area contributed by atoms with Gasteiger partial charge in [-0.1, -0.05) is 32.0 Å². The van der Waals surface area contributed by atoms with Crippen LogP contribution in [-0.4, -0.2) is 27.8 Å². The molecule has 1 unspecified atom stereocenters. The van der Waals surface area contributed by atoms with E-state index in [1.54, 1.807) is 0 Å². The summed E-state index contributed by atoms with van der Waals surface area (Å²) in [6.45, 7) is 5.33. The smallest absolute Gasteiger partial charge is 0.305 e. The molecule has 0 saturated carbocycles. The van der Waals surface area contributed by atoms with E-state index < -0.39 is 5.97 Å². The van der Waals surface area contributed by atoms with E-state index in [9.17, 15) is 4.79 Å².